The molecular formula is C25H18ClFN4O5S3. The molecule has 0 bridgehead atoms. The number of anilines is 1. The number of thiophene rings is 1. The fourth-order valence-electron chi connectivity index (χ4n) is 4.22. The number of alkyl halides is 1. The van der Waals surface area contributed by atoms with Crippen molar-refractivity contribution in [2.45, 2.75) is 28.7 Å². The van der Waals surface area contributed by atoms with Gasteiger partial charge in [0.2, 0.25) is 0 Å². The topological polar surface area (TPSA) is 139 Å². The molecule has 0 unspecified atom stereocenters. The highest BCUT2D eigenvalue weighted by molar-refractivity contribution is 7.92. The Morgan fingerprint density at radius 2 is 1.77 bits per heavy atom. The van der Waals surface area contributed by atoms with Crippen LogP contribution in [0, 0.1) is 22.7 Å². The standard InChI is InChI=1S/C25H18ClFN4O5S3/c1-15-20(14-29)24(19-7-6-17(13-28)11-21(19)38(2,33)34)31(39(35,36)23-9-8-22(26)37-23)25(32)30(15)18-5-3-4-16(10-18)12-27/h3-11,24H,12H2,1-2H3/t24-/m1/s1. The molecule has 2 amide bonds. The first kappa shape index (κ1) is 28.3. The number of allylic oxidation sites excluding steroid dienone is 1. The van der Waals surface area contributed by atoms with Gasteiger partial charge in [0.05, 0.1) is 38.2 Å². The van der Waals surface area contributed by atoms with Crippen molar-refractivity contribution >= 4 is 54.5 Å². The SMILES string of the molecule is CC1=C(C#N)[C@@H](c2ccc(C#N)cc2S(C)(=O)=O)N(S(=O)(=O)c2ccc(Cl)s2)C(=O)N1c1cccc(CF)c1. The predicted octanol–water partition coefficient (Wildman–Crippen LogP) is 5.32. The molecule has 2 heterocycles. The van der Waals surface area contributed by atoms with E-state index in [2.05, 4.69) is 0 Å². The molecule has 1 aliphatic rings. The van der Waals surface area contributed by atoms with Gasteiger partial charge in [0.15, 0.2) is 9.84 Å². The Labute approximate surface area is 233 Å². The van der Waals surface area contributed by atoms with E-state index in [9.17, 15) is 36.5 Å². The van der Waals surface area contributed by atoms with E-state index in [4.69, 9.17) is 11.6 Å². The van der Waals surface area contributed by atoms with E-state index in [0.717, 1.165) is 17.2 Å². The summed E-state index contributed by atoms with van der Waals surface area (Å²) in [5.41, 5.74) is -0.135. The number of urea groups is 1. The van der Waals surface area contributed by atoms with Gasteiger partial charge in [-0.15, -0.1) is 11.3 Å². The number of sulfone groups is 1. The van der Waals surface area contributed by atoms with Crippen LogP contribution in [-0.2, 0) is 26.5 Å². The molecule has 1 atom stereocenters. The van der Waals surface area contributed by atoms with Crippen LogP contribution >= 0.6 is 22.9 Å². The Balaban J connectivity index is 2.11. The van der Waals surface area contributed by atoms with Crippen LogP contribution in [0.15, 0.2) is 75.0 Å². The Morgan fingerprint density at radius 1 is 1.05 bits per heavy atom. The molecule has 1 aliphatic heterocycles. The number of carbonyl (C=O) groups excluding carboxylic acids is 1. The van der Waals surface area contributed by atoms with Crippen molar-refractivity contribution in [1.82, 2.24) is 4.31 Å². The smallest absolute Gasteiger partial charge is 0.265 e. The van der Waals surface area contributed by atoms with Crippen molar-refractivity contribution in [3.05, 3.63) is 86.9 Å². The lowest BCUT2D eigenvalue weighted by Crippen LogP contribution is -2.52. The zero-order chi connectivity index (χ0) is 28.7. The van der Waals surface area contributed by atoms with Gasteiger partial charge in [-0.05, 0) is 54.4 Å². The van der Waals surface area contributed by atoms with Crippen LogP contribution in [0.2, 0.25) is 4.34 Å². The second-order valence-corrected chi connectivity index (χ2v) is 14.2. The van der Waals surface area contributed by atoms with Crippen molar-refractivity contribution in [2.75, 3.05) is 11.2 Å². The molecule has 0 fully saturated rings. The molecule has 2 aromatic carbocycles. The Bertz CT molecular complexity index is 1840. The van der Waals surface area contributed by atoms with Gasteiger partial charge in [0, 0.05) is 12.0 Å². The third kappa shape index (κ3) is 5.02. The monoisotopic (exact) mass is 604 g/mol. The molecule has 0 aliphatic carbocycles. The molecular weight excluding hydrogens is 587 g/mol. The number of hydrogen-bond acceptors (Lipinski definition) is 8. The second-order valence-electron chi connectivity index (χ2n) is 8.43. The third-order valence-electron chi connectivity index (χ3n) is 5.95. The van der Waals surface area contributed by atoms with E-state index in [0.29, 0.717) is 15.6 Å². The number of rotatable bonds is 6. The van der Waals surface area contributed by atoms with Crippen molar-refractivity contribution < 1.29 is 26.0 Å². The van der Waals surface area contributed by atoms with Gasteiger partial charge >= 0.3 is 6.03 Å². The molecule has 14 heteroatoms. The van der Waals surface area contributed by atoms with Crippen LogP contribution in [0.25, 0.3) is 0 Å². The van der Waals surface area contributed by atoms with Gasteiger partial charge in [-0.2, -0.15) is 10.5 Å². The zero-order valence-corrected chi connectivity index (χ0v) is 23.5. The van der Waals surface area contributed by atoms with Crippen molar-refractivity contribution in [1.29, 1.82) is 10.5 Å². The van der Waals surface area contributed by atoms with Gasteiger partial charge in [0.1, 0.15) is 16.9 Å². The highest BCUT2D eigenvalue weighted by Gasteiger charge is 2.48. The molecule has 0 saturated carbocycles. The van der Waals surface area contributed by atoms with Crippen molar-refractivity contribution in [3.8, 4) is 12.1 Å². The quantitative estimate of drug-likeness (QED) is 0.371. The number of nitriles is 2. The first-order chi connectivity index (χ1) is 18.3. The number of halogens is 2. The Kier molecular flexibility index (Phi) is 7.56. The first-order valence-corrected chi connectivity index (χ1v) is 15.5. The summed E-state index contributed by atoms with van der Waals surface area (Å²) in [6.07, 6.45) is 0.868. The molecule has 0 saturated heterocycles. The fourth-order valence-corrected chi connectivity index (χ4v) is 8.23. The lowest BCUT2D eigenvalue weighted by Gasteiger charge is -2.41. The van der Waals surface area contributed by atoms with Crippen LogP contribution in [0.5, 0.6) is 0 Å². The van der Waals surface area contributed by atoms with Gasteiger partial charge in [-0.3, -0.25) is 4.90 Å². The van der Waals surface area contributed by atoms with Crippen LogP contribution in [0.4, 0.5) is 14.9 Å². The average molecular weight is 605 g/mol. The minimum absolute atomic E-state index is 0.0166. The largest absolute Gasteiger partial charge is 0.343 e. The van der Waals surface area contributed by atoms with Gasteiger partial charge in [-0.1, -0.05) is 29.8 Å². The molecule has 0 radical (unpaired) electrons. The minimum Gasteiger partial charge on any atom is -0.265 e. The fraction of sp³-hybridized carbons (Fsp3) is 0.160. The van der Waals surface area contributed by atoms with E-state index in [-0.39, 0.29) is 42.2 Å². The van der Waals surface area contributed by atoms with Crippen LogP contribution in [0.3, 0.4) is 0 Å². The highest BCUT2D eigenvalue weighted by atomic mass is 35.5. The molecule has 1 aromatic heterocycles. The average Bonchev–Trinajstić information content (AvgIpc) is 3.34. The minimum atomic E-state index is -4.73. The van der Waals surface area contributed by atoms with Gasteiger partial charge in [-0.25, -0.2) is 30.3 Å². The van der Waals surface area contributed by atoms with E-state index >= 15 is 0 Å². The number of carbonyl (C=O) groups is 1. The van der Waals surface area contributed by atoms with Crippen LogP contribution in [-0.4, -0.2) is 33.4 Å². The highest BCUT2D eigenvalue weighted by Crippen LogP contribution is 2.45. The molecule has 200 valence electrons. The molecule has 0 N–H and O–H groups in total. The number of amides is 2. The Morgan fingerprint density at radius 3 is 2.33 bits per heavy atom. The lowest BCUT2D eigenvalue weighted by molar-refractivity contribution is 0.221. The van der Waals surface area contributed by atoms with E-state index < -0.39 is 43.5 Å². The summed E-state index contributed by atoms with van der Waals surface area (Å²) in [5.74, 6) is 0. The summed E-state index contributed by atoms with van der Waals surface area (Å²) < 4.78 is 67.2. The number of sulfonamides is 1. The van der Waals surface area contributed by atoms with Crippen LogP contribution in [0.1, 0.15) is 29.7 Å². The summed E-state index contributed by atoms with van der Waals surface area (Å²) in [6.45, 7) is 0.548. The van der Waals surface area contributed by atoms with Crippen molar-refractivity contribution in [3.63, 3.8) is 0 Å². The summed E-state index contributed by atoms with van der Waals surface area (Å²) in [7, 11) is -8.81. The van der Waals surface area contributed by atoms with E-state index in [1.807, 2.05) is 12.1 Å². The molecule has 39 heavy (non-hydrogen) atoms. The summed E-state index contributed by atoms with van der Waals surface area (Å²) in [4.78, 5) is 14.6. The normalized spacial score (nSPS) is 16.3. The first-order valence-electron chi connectivity index (χ1n) is 11.0. The maximum atomic E-state index is 14.1. The summed E-state index contributed by atoms with van der Waals surface area (Å²) in [6, 6.07) is 12.7. The van der Waals surface area contributed by atoms with Gasteiger partial charge < -0.3 is 0 Å². The molecule has 4 rings (SSSR count). The second kappa shape index (κ2) is 10.4. The molecule has 3 aromatic rings. The number of benzene rings is 2. The van der Waals surface area contributed by atoms with E-state index in [1.165, 1.54) is 55.5 Å². The van der Waals surface area contributed by atoms with Gasteiger partial charge in [0.25, 0.3) is 10.0 Å². The summed E-state index contributed by atoms with van der Waals surface area (Å²) in [5, 5.41) is 19.6. The zero-order valence-electron chi connectivity index (χ0n) is 20.3. The lowest BCUT2D eigenvalue weighted by atomic mass is 9.94. The third-order valence-corrected chi connectivity index (χ3v) is 10.5. The predicted molar refractivity (Wildman–Crippen MR) is 143 cm³/mol. The van der Waals surface area contributed by atoms with Crippen LogP contribution < -0.4 is 4.90 Å². The molecule has 0 spiro atoms. The number of hydrogen-bond donors (Lipinski definition) is 0. The van der Waals surface area contributed by atoms with Crippen molar-refractivity contribution in [2.24, 2.45) is 0 Å². The Hall–Kier alpha value is -3.75. The molecule has 9 nitrogen and oxygen atoms in total. The summed E-state index contributed by atoms with van der Waals surface area (Å²) >= 11 is 6.66. The maximum Gasteiger partial charge on any atom is 0.343 e. The maximum absolute atomic E-state index is 14.1. The number of nitrogens with zero attached hydrogens (tertiary/aromatic N) is 4. The van der Waals surface area contributed by atoms with E-state index in [1.54, 1.807) is 0 Å².